The van der Waals surface area contributed by atoms with Gasteiger partial charge in [0.25, 0.3) is 0 Å². The molecule has 1 N–H and O–H groups in total. The van der Waals surface area contributed by atoms with Gasteiger partial charge in [-0.1, -0.05) is 51.1 Å². The molecule has 0 fully saturated rings. The van der Waals surface area contributed by atoms with Gasteiger partial charge in [-0.2, -0.15) is 13.2 Å². The molecule has 0 radical (unpaired) electrons. The van der Waals surface area contributed by atoms with Crippen molar-refractivity contribution >= 4 is 10.0 Å². The van der Waals surface area contributed by atoms with E-state index in [1.54, 1.807) is 12.1 Å². The van der Waals surface area contributed by atoms with Crippen LogP contribution < -0.4 is 4.72 Å². The van der Waals surface area contributed by atoms with Crippen LogP contribution in [-0.2, 0) is 28.2 Å². The molecule has 25 heavy (non-hydrogen) atoms. The Hall–Kier alpha value is -1.86. The Morgan fingerprint density at radius 1 is 0.920 bits per heavy atom. The van der Waals surface area contributed by atoms with Crippen molar-refractivity contribution in [2.45, 2.75) is 43.8 Å². The van der Waals surface area contributed by atoms with Crippen molar-refractivity contribution in [1.29, 1.82) is 0 Å². The molecule has 0 aliphatic rings. The van der Waals surface area contributed by atoms with Crippen LogP contribution in [0, 0.1) is 0 Å². The summed E-state index contributed by atoms with van der Waals surface area (Å²) in [5.41, 5.74) is -0.124. The molecule has 0 saturated heterocycles. The van der Waals surface area contributed by atoms with Crippen LogP contribution in [0.2, 0.25) is 0 Å². The molecular formula is C18H20F3NO2S. The normalized spacial score (nSPS) is 13.0. The van der Waals surface area contributed by atoms with Crippen molar-refractivity contribution in [3.05, 3.63) is 65.2 Å². The first kappa shape index (κ1) is 19.5. The largest absolute Gasteiger partial charge is 0.416 e. The number of hydrogen-bond acceptors (Lipinski definition) is 2. The average molecular weight is 371 g/mol. The second kappa shape index (κ2) is 6.80. The summed E-state index contributed by atoms with van der Waals surface area (Å²) in [4.78, 5) is 0.0185. The Bertz CT molecular complexity index is 836. The van der Waals surface area contributed by atoms with E-state index in [1.807, 2.05) is 20.8 Å². The van der Waals surface area contributed by atoms with Gasteiger partial charge in [0.1, 0.15) is 0 Å². The highest BCUT2D eigenvalue weighted by molar-refractivity contribution is 7.89. The van der Waals surface area contributed by atoms with Gasteiger partial charge in [0.2, 0.25) is 10.0 Å². The van der Waals surface area contributed by atoms with Crippen LogP contribution in [0.3, 0.4) is 0 Å². The highest BCUT2D eigenvalue weighted by atomic mass is 32.2. The second-order valence-corrected chi connectivity index (χ2v) is 8.52. The number of rotatable bonds is 4. The lowest BCUT2D eigenvalue weighted by Gasteiger charge is -2.19. The molecular weight excluding hydrogens is 351 g/mol. The molecule has 0 spiro atoms. The minimum Gasteiger partial charge on any atom is -0.207 e. The lowest BCUT2D eigenvalue weighted by Crippen LogP contribution is -2.25. The maximum Gasteiger partial charge on any atom is 0.416 e. The van der Waals surface area contributed by atoms with Gasteiger partial charge in [-0.25, -0.2) is 13.1 Å². The molecule has 0 amide bonds. The Balaban J connectivity index is 2.21. The van der Waals surface area contributed by atoms with Gasteiger partial charge in [0, 0.05) is 6.54 Å². The summed E-state index contributed by atoms with van der Waals surface area (Å²) in [6.07, 6.45) is -4.53. The Morgan fingerprint density at radius 2 is 1.48 bits per heavy atom. The fourth-order valence-corrected chi connectivity index (χ4v) is 3.35. The van der Waals surface area contributed by atoms with Crippen LogP contribution in [0.15, 0.2) is 53.4 Å². The third-order valence-corrected chi connectivity index (χ3v) is 5.22. The SMILES string of the molecule is CC(C)(C)c1ccc(S(=O)(=O)NCc2ccccc2C(F)(F)F)cc1. The summed E-state index contributed by atoms with van der Waals surface area (Å²) in [6.45, 7) is 5.58. The molecule has 0 aliphatic carbocycles. The minimum atomic E-state index is -4.53. The average Bonchev–Trinajstić information content (AvgIpc) is 2.52. The van der Waals surface area contributed by atoms with E-state index >= 15 is 0 Å². The smallest absolute Gasteiger partial charge is 0.207 e. The van der Waals surface area contributed by atoms with Crippen LogP contribution >= 0.6 is 0 Å². The number of benzene rings is 2. The van der Waals surface area contributed by atoms with Crippen molar-refractivity contribution in [3.63, 3.8) is 0 Å². The predicted molar refractivity (Wildman–Crippen MR) is 90.6 cm³/mol. The molecule has 3 nitrogen and oxygen atoms in total. The maximum absolute atomic E-state index is 13.0. The van der Waals surface area contributed by atoms with E-state index in [-0.39, 0.29) is 15.9 Å². The number of hydrogen-bond donors (Lipinski definition) is 1. The molecule has 0 bridgehead atoms. The highest BCUT2D eigenvalue weighted by Gasteiger charge is 2.33. The van der Waals surface area contributed by atoms with E-state index in [1.165, 1.54) is 30.3 Å². The maximum atomic E-state index is 13.0. The molecule has 0 unspecified atom stereocenters. The quantitative estimate of drug-likeness (QED) is 0.861. The topological polar surface area (TPSA) is 46.2 Å². The van der Waals surface area contributed by atoms with Gasteiger partial charge >= 0.3 is 6.18 Å². The molecule has 136 valence electrons. The van der Waals surface area contributed by atoms with E-state index in [2.05, 4.69) is 4.72 Å². The Kier molecular flexibility index (Phi) is 5.30. The van der Waals surface area contributed by atoms with Crippen LogP contribution in [0.1, 0.15) is 37.5 Å². The van der Waals surface area contributed by atoms with Gasteiger partial charge in [-0.05, 0) is 34.7 Å². The summed E-state index contributed by atoms with van der Waals surface area (Å²) in [5.74, 6) is 0. The highest BCUT2D eigenvalue weighted by Crippen LogP contribution is 2.32. The lowest BCUT2D eigenvalue weighted by molar-refractivity contribution is -0.138. The molecule has 2 rings (SSSR count). The summed E-state index contributed by atoms with van der Waals surface area (Å²) in [7, 11) is -3.90. The first-order chi connectivity index (χ1) is 11.4. The molecule has 0 saturated carbocycles. The molecule has 0 heterocycles. The monoisotopic (exact) mass is 371 g/mol. The van der Waals surface area contributed by atoms with Gasteiger partial charge in [0.05, 0.1) is 10.5 Å². The van der Waals surface area contributed by atoms with Gasteiger partial charge in [-0.15, -0.1) is 0 Å². The molecule has 2 aromatic rings. The fraction of sp³-hybridized carbons (Fsp3) is 0.333. The zero-order valence-corrected chi connectivity index (χ0v) is 15.0. The Morgan fingerprint density at radius 3 is 2.00 bits per heavy atom. The zero-order chi connectivity index (χ0) is 18.9. The summed E-state index contributed by atoms with van der Waals surface area (Å²) in [5, 5.41) is 0. The van der Waals surface area contributed by atoms with Gasteiger partial charge in [0.15, 0.2) is 0 Å². The summed E-state index contributed by atoms with van der Waals surface area (Å²) >= 11 is 0. The van der Waals surface area contributed by atoms with E-state index in [4.69, 9.17) is 0 Å². The van der Waals surface area contributed by atoms with Crippen molar-refractivity contribution < 1.29 is 21.6 Å². The molecule has 7 heteroatoms. The number of halogens is 3. The van der Waals surface area contributed by atoms with Crippen molar-refractivity contribution in [3.8, 4) is 0 Å². The fourth-order valence-electron chi connectivity index (χ4n) is 2.34. The molecule has 0 aromatic heterocycles. The predicted octanol–water partition coefficient (Wildman–Crippen LogP) is 4.48. The Labute approximate surface area is 145 Å². The second-order valence-electron chi connectivity index (χ2n) is 6.75. The summed E-state index contributed by atoms with van der Waals surface area (Å²) < 4.78 is 65.8. The van der Waals surface area contributed by atoms with Crippen LogP contribution in [-0.4, -0.2) is 8.42 Å². The number of alkyl halides is 3. The summed E-state index contributed by atoms with van der Waals surface area (Å²) in [6, 6.07) is 11.2. The van der Waals surface area contributed by atoms with Crippen molar-refractivity contribution in [2.75, 3.05) is 0 Å². The molecule has 0 aliphatic heterocycles. The van der Waals surface area contributed by atoms with Gasteiger partial charge < -0.3 is 0 Å². The van der Waals surface area contributed by atoms with E-state index < -0.39 is 28.3 Å². The lowest BCUT2D eigenvalue weighted by atomic mass is 9.87. The first-order valence-corrected chi connectivity index (χ1v) is 9.15. The van der Waals surface area contributed by atoms with Crippen molar-refractivity contribution in [1.82, 2.24) is 4.72 Å². The third-order valence-electron chi connectivity index (χ3n) is 3.81. The van der Waals surface area contributed by atoms with Crippen LogP contribution in [0.25, 0.3) is 0 Å². The standard InChI is InChI=1S/C18H20F3NO2S/c1-17(2,3)14-8-10-15(11-9-14)25(23,24)22-12-13-6-4-5-7-16(13)18(19,20)21/h4-11,22H,12H2,1-3H3. The van der Waals surface area contributed by atoms with E-state index in [0.29, 0.717) is 0 Å². The molecule has 2 aromatic carbocycles. The van der Waals surface area contributed by atoms with Crippen LogP contribution in [0.4, 0.5) is 13.2 Å². The first-order valence-electron chi connectivity index (χ1n) is 7.66. The minimum absolute atomic E-state index is 0.0185. The van der Waals surface area contributed by atoms with Crippen LogP contribution in [0.5, 0.6) is 0 Å². The van der Waals surface area contributed by atoms with E-state index in [0.717, 1.165) is 11.6 Å². The zero-order valence-electron chi connectivity index (χ0n) is 14.2. The van der Waals surface area contributed by atoms with Crippen molar-refractivity contribution in [2.24, 2.45) is 0 Å². The third kappa shape index (κ3) is 4.83. The number of sulfonamides is 1. The van der Waals surface area contributed by atoms with Gasteiger partial charge in [-0.3, -0.25) is 0 Å². The van der Waals surface area contributed by atoms with E-state index in [9.17, 15) is 21.6 Å². The number of nitrogens with one attached hydrogen (secondary N) is 1. The molecule has 0 atom stereocenters.